The van der Waals surface area contributed by atoms with Crippen molar-refractivity contribution in [3.8, 4) is 0 Å². The third-order valence-corrected chi connectivity index (χ3v) is 6.00. The predicted molar refractivity (Wildman–Crippen MR) is 127 cm³/mol. The maximum absolute atomic E-state index is 13.0. The van der Waals surface area contributed by atoms with Crippen LogP contribution in [0, 0.1) is 0 Å². The van der Waals surface area contributed by atoms with E-state index in [4.69, 9.17) is 4.42 Å². The van der Waals surface area contributed by atoms with Gasteiger partial charge in [0.2, 0.25) is 0 Å². The first-order valence-corrected chi connectivity index (χ1v) is 11.0. The molecule has 5 rings (SSSR count). The van der Waals surface area contributed by atoms with Gasteiger partial charge >= 0.3 is 6.03 Å². The van der Waals surface area contributed by atoms with E-state index in [0.717, 1.165) is 35.0 Å². The van der Waals surface area contributed by atoms with E-state index in [2.05, 4.69) is 33.2 Å². The van der Waals surface area contributed by atoms with Crippen LogP contribution in [0.3, 0.4) is 0 Å². The van der Waals surface area contributed by atoms with Gasteiger partial charge in [-0.2, -0.15) is 0 Å². The quantitative estimate of drug-likeness (QED) is 0.433. The van der Waals surface area contributed by atoms with Crippen molar-refractivity contribution in [2.45, 2.75) is 25.4 Å². The lowest BCUT2D eigenvalue weighted by Crippen LogP contribution is -2.51. The van der Waals surface area contributed by atoms with Gasteiger partial charge in [0.05, 0.1) is 6.54 Å². The van der Waals surface area contributed by atoms with Crippen LogP contribution in [0.4, 0.5) is 4.79 Å². The molecule has 0 saturated carbocycles. The molecule has 1 atom stereocenters. The molecule has 1 aliphatic rings. The highest BCUT2D eigenvalue weighted by Crippen LogP contribution is 2.19. The van der Waals surface area contributed by atoms with Crippen LogP contribution >= 0.6 is 0 Å². The number of rotatable bonds is 5. The Bertz CT molecular complexity index is 1340. The van der Waals surface area contributed by atoms with Crippen LogP contribution < -0.4 is 10.6 Å². The number of carbonyl (C=O) groups excluding carboxylic acids is 2. The molecule has 33 heavy (non-hydrogen) atoms. The molecule has 0 aliphatic carbocycles. The summed E-state index contributed by atoms with van der Waals surface area (Å²) in [5, 5.41) is 6.99. The summed E-state index contributed by atoms with van der Waals surface area (Å²) in [5.74, 6) is -0.0659. The summed E-state index contributed by atoms with van der Waals surface area (Å²) in [4.78, 5) is 34.7. The molecule has 4 aromatic rings. The molecular formula is C25H25N5O3. The van der Waals surface area contributed by atoms with Crippen molar-refractivity contribution in [2.75, 3.05) is 13.1 Å². The molecule has 3 amide bonds. The summed E-state index contributed by atoms with van der Waals surface area (Å²) in [6.07, 6.45) is 4.84. The van der Waals surface area contributed by atoms with E-state index in [1.807, 2.05) is 24.3 Å². The average molecular weight is 444 g/mol. The number of piperidine rings is 1. The highest BCUT2D eigenvalue weighted by Gasteiger charge is 2.26. The van der Waals surface area contributed by atoms with Crippen molar-refractivity contribution in [3.63, 3.8) is 0 Å². The van der Waals surface area contributed by atoms with E-state index in [1.165, 1.54) is 6.39 Å². The zero-order valence-electron chi connectivity index (χ0n) is 18.1. The number of hydrogen-bond donors (Lipinski definition) is 3. The molecule has 0 radical (unpaired) electrons. The van der Waals surface area contributed by atoms with E-state index in [1.54, 1.807) is 23.1 Å². The number of nitrogens with one attached hydrogen (secondary N) is 3. The highest BCUT2D eigenvalue weighted by molar-refractivity contribution is 5.97. The van der Waals surface area contributed by atoms with Crippen molar-refractivity contribution in [1.82, 2.24) is 25.5 Å². The summed E-state index contributed by atoms with van der Waals surface area (Å²) < 4.78 is 5.24. The van der Waals surface area contributed by atoms with Crippen molar-refractivity contribution < 1.29 is 14.0 Å². The number of oxazole rings is 1. The Morgan fingerprint density at radius 3 is 3.03 bits per heavy atom. The van der Waals surface area contributed by atoms with Crippen LogP contribution in [0.2, 0.25) is 0 Å². The van der Waals surface area contributed by atoms with Crippen LogP contribution in [0.25, 0.3) is 28.1 Å². The Labute approximate surface area is 190 Å². The van der Waals surface area contributed by atoms with E-state index in [0.29, 0.717) is 36.3 Å². The SMILES string of the molecule is C=Cc1ccc2[nH]c(CNC(=O)N[C@@H]3CCCN(C(=O)c4ccc5ocnc5c4)C3)cc2c1. The maximum atomic E-state index is 13.0. The minimum Gasteiger partial charge on any atom is -0.443 e. The van der Waals surface area contributed by atoms with Crippen LogP contribution in [0.5, 0.6) is 0 Å². The zero-order valence-corrected chi connectivity index (χ0v) is 18.1. The number of aromatic nitrogens is 2. The molecule has 0 spiro atoms. The number of hydrogen-bond acceptors (Lipinski definition) is 4. The lowest BCUT2D eigenvalue weighted by Gasteiger charge is -2.33. The van der Waals surface area contributed by atoms with Crippen molar-refractivity contribution >= 4 is 40.0 Å². The predicted octanol–water partition coefficient (Wildman–Crippen LogP) is 4.06. The molecule has 3 N–H and O–H groups in total. The van der Waals surface area contributed by atoms with Crippen LogP contribution in [0.1, 0.15) is 34.5 Å². The number of likely N-dealkylation sites (tertiary alicyclic amines) is 1. The number of aromatic amines is 1. The molecule has 8 heteroatoms. The Hall–Kier alpha value is -4.07. The van der Waals surface area contributed by atoms with Gasteiger partial charge in [0.25, 0.3) is 5.91 Å². The van der Waals surface area contributed by atoms with Gasteiger partial charge in [-0.3, -0.25) is 4.79 Å². The van der Waals surface area contributed by atoms with Gasteiger partial charge in [0, 0.05) is 41.3 Å². The topological polar surface area (TPSA) is 103 Å². The van der Waals surface area contributed by atoms with Crippen molar-refractivity contribution in [3.05, 3.63) is 72.3 Å². The molecule has 3 heterocycles. The van der Waals surface area contributed by atoms with Gasteiger partial charge in [-0.15, -0.1) is 0 Å². The second kappa shape index (κ2) is 8.82. The summed E-state index contributed by atoms with van der Waals surface area (Å²) >= 11 is 0. The monoisotopic (exact) mass is 443 g/mol. The largest absolute Gasteiger partial charge is 0.443 e. The van der Waals surface area contributed by atoms with Crippen molar-refractivity contribution in [1.29, 1.82) is 0 Å². The molecule has 8 nitrogen and oxygen atoms in total. The number of nitrogens with zero attached hydrogens (tertiary/aromatic N) is 2. The van der Waals surface area contributed by atoms with E-state index >= 15 is 0 Å². The minimum atomic E-state index is -0.247. The summed E-state index contributed by atoms with van der Waals surface area (Å²) in [5.41, 5.74) is 4.87. The fourth-order valence-electron chi connectivity index (χ4n) is 4.30. The molecule has 168 valence electrons. The van der Waals surface area contributed by atoms with Gasteiger partial charge in [0.15, 0.2) is 12.0 Å². The number of urea groups is 1. The van der Waals surface area contributed by atoms with Gasteiger partial charge in [-0.05, 0) is 54.8 Å². The lowest BCUT2D eigenvalue weighted by atomic mass is 10.0. The molecule has 2 aromatic heterocycles. The first kappa shape index (κ1) is 20.8. The van der Waals surface area contributed by atoms with Crippen molar-refractivity contribution in [2.24, 2.45) is 0 Å². The van der Waals surface area contributed by atoms with Gasteiger partial charge in [-0.1, -0.05) is 18.7 Å². The Morgan fingerprint density at radius 2 is 2.15 bits per heavy atom. The molecule has 2 aromatic carbocycles. The lowest BCUT2D eigenvalue weighted by molar-refractivity contribution is 0.0698. The second-order valence-corrected chi connectivity index (χ2v) is 8.30. The third kappa shape index (κ3) is 4.45. The highest BCUT2D eigenvalue weighted by atomic mass is 16.3. The minimum absolute atomic E-state index is 0.0659. The molecule has 0 unspecified atom stereocenters. The average Bonchev–Trinajstić information content (AvgIpc) is 3.47. The number of benzene rings is 2. The molecule has 1 saturated heterocycles. The fraction of sp³-hybridized carbons (Fsp3) is 0.240. The summed E-state index contributed by atoms with van der Waals surface area (Å²) in [6.45, 7) is 5.32. The zero-order chi connectivity index (χ0) is 22.8. The molecule has 1 fully saturated rings. The standard InChI is InChI=1S/C25H25N5O3/c1-2-16-5-7-21-18(10-16)11-20(28-21)13-26-25(32)29-19-4-3-9-30(14-19)24(31)17-6-8-23-22(12-17)27-15-33-23/h2,5-8,10-12,15,19,28H,1,3-4,9,13-14H2,(H2,26,29,32)/t19-/m1/s1. The Balaban J connectivity index is 1.16. The normalized spacial score (nSPS) is 16.1. The first-order valence-electron chi connectivity index (χ1n) is 11.0. The van der Waals surface area contributed by atoms with E-state index in [-0.39, 0.29) is 18.0 Å². The van der Waals surface area contributed by atoms with Crippen LogP contribution in [-0.2, 0) is 6.54 Å². The molecular weight excluding hydrogens is 418 g/mol. The van der Waals surface area contributed by atoms with Gasteiger partial charge < -0.3 is 24.9 Å². The maximum Gasteiger partial charge on any atom is 0.315 e. The Morgan fingerprint density at radius 1 is 1.24 bits per heavy atom. The Kier molecular flexibility index (Phi) is 5.56. The summed E-state index contributed by atoms with van der Waals surface area (Å²) in [7, 11) is 0. The van der Waals surface area contributed by atoms with Gasteiger partial charge in [-0.25, -0.2) is 9.78 Å². The number of carbonyl (C=O) groups is 2. The smallest absolute Gasteiger partial charge is 0.315 e. The van der Waals surface area contributed by atoms with Crippen LogP contribution in [0.15, 0.2) is 59.9 Å². The van der Waals surface area contributed by atoms with E-state index in [9.17, 15) is 9.59 Å². The summed E-state index contributed by atoms with van der Waals surface area (Å²) in [6, 6.07) is 13.0. The first-order chi connectivity index (χ1) is 16.1. The van der Waals surface area contributed by atoms with Crippen LogP contribution in [-0.4, -0.2) is 45.9 Å². The van der Waals surface area contributed by atoms with Gasteiger partial charge in [0.1, 0.15) is 5.52 Å². The third-order valence-electron chi connectivity index (χ3n) is 6.00. The second-order valence-electron chi connectivity index (χ2n) is 8.30. The number of H-pyrrole nitrogens is 1. The van der Waals surface area contributed by atoms with E-state index < -0.39 is 0 Å². The number of fused-ring (bicyclic) bond motifs is 2. The molecule has 1 aliphatic heterocycles. The molecule has 0 bridgehead atoms. The number of amides is 3. The fourth-order valence-corrected chi connectivity index (χ4v) is 4.30.